The molecule has 0 unspecified atom stereocenters. The van der Waals surface area contributed by atoms with Crippen molar-refractivity contribution in [3.8, 4) is 17.2 Å². The van der Waals surface area contributed by atoms with Crippen molar-refractivity contribution in [2.75, 3.05) is 12.0 Å². The van der Waals surface area contributed by atoms with Crippen LogP contribution >= 0.6 is 0 Å². The number of hydrogen-bond acceptors (Lipinski definition) is 8. The van der Waals surface area contributed by atoms with Crippen LogP contribution in [0.3, 0.4) is 0 Å². The molecular formula is C23H13N3O7. The van der Waals surface area contributed by atoms with Crippen molar-refractivity contribution >= 4 is 34.1 Å². The lowest BCUT2D eigenvalue weighted by molar-refractivity contribution is -0.384. The van der Waals surface area contributed by atoms with E-state index in [2.05, 4.69) is 4.98 Å². The number of benzene rings is 3. The number of amides is 2. The highest BCUT2D eigenvalue weighted by Crippen LogP contribution is 2.37. The largest absolute Gasteiger partial charge is 0.496 e. The number of imide groups is 1. The van der Waals surface area contributed by atoms with Gasteiger partial charge in [-0.25, -0.2) is 14.7 Å². The molecule has 33 heavy (non-hydrogen) atoms. The van der Waals surface area contributed by atoms with Gasteiger partial charge in [-0.1, -0.05) is 12.1 Å². The average molecular weight is 443 g/mol. The van der Waals surface area contributed by atoms with Crippen molar-refractivity contribution < 1.29 is 23.7 Å². The van der Waals surface area contributed by atoms with E-state index in [0.29, 0.717) is 16.5 Å². The van der Waals surface area contributed by atoms with Gasteiger partial charge in [-0.2, -0.15) is 0 Å². The van der Waals surface area contributed by atoms with Gasteiger partial charge in [0.2, 0.25) is 5.89 Å². The number of ether oxygens (including phenoxy) is 1. The van der Waals surface area contributed by atoms with E-state index in [1.807, 2.05) is 0 Å². The van der Waals surface area contributed by atoms with E-state index in [1.54, 1.807) is 24.3 Å². The molecule has 0 spiro atoms. The predicted molar refractivity (Wildman–Crippen MR) is 117 cm³/mol. The Labute approximate surface area is 184 Å². The Balaban J connectivity index is 1.60. The summed E-state index contributed by atoms with van der Waals surface area (Å²) in [5.41, 5.74) is -0.410. The molecular weight excluding hydrogens is 430 g/mol. The van der Waals surface area contributed by atoms with Crippen LogP contribution in [0.15, 0.2) is 69.9 Å². The van der Waals surface area contributed by atoms with E-state index in [4.69, 9.17) is 9.15 Å². The lowest BCUT2D eigenvalue weighted by Crippen LogP contribution is -2.30. The van der Waals surface area contributed by atoms with Gasteiger partial charge in [0.05, 0.1) is 40.1 Å². The van der Waals surface area contributed by atoms with Crippen LogP contribution < -0.4 is 15.3 Å². The minimum Gasteiger partial charge on any atom is -0.496 e. The number of fused-ring (bicyclic) bond motifs is 2. The summed E-state index contributed by atoms with van der Waals surface area (Å²) in [6, 6.07) is 14.8. The van der Waals surface area contributed by atoms with E-state index in [9.17, 15) is 24.5 Å². The fourth-order valence-corrected chi connectivity index (χ4v) is 3.70. The van der Waals surface area contributed by atoms with Crippen LogP contribution in [0.2, 0.25) is 0 Å². The minimum absolute atomic E-state index is 0.0141. The number of hydrogen-bond donors (Lipinski definition) is 0. The zero-order valence-electron chi connectivity index (χ0n) is 17.0. The Morgan fingerprint density at radius 1 is 0.970 bits per heavy atom. The third-order valence-electron chi connectivity index (χ3n) is 5.29. The number of nitro groups is 1. The Morgan fingerprint density at radius 3 is 2.48 bits per heavy atom. The SMILES string of the molecule is COc1ccc(N2C(=O)c3ccc(-c4nc5ccccc5c(=O)o4)cc3C2=O)c([N+](=O)[O-])c1. The third-order valence-corrected chi connectivity index (χ3v) is 5.29. The van der Waals surface area contributed by atoms with Gasteiger partial charge in [-0.3, -0.25) is 19.7 Å². The summed E-state index contributed by atoms with van der Waals surface area (Å²) in [6.45, 7) is 0. The minimum atomic E-state index is -0.742. The number of para-hydroxylation sites is 1. The van der Waals surface area contributed by atoms with Crippen LogP contribution in [0.25, 0.3) is 22.4 Å². The van der Waals surface area contributed by atoms with E-state index >= 15 is 0 Å². The summed E-state index contributed by atoms with van der Waals surface area (Å²) in [4.78, 5) is 54.4. The number of methoxy groups -OCH3 is 1. The van der Waals surface area contributed by atoms with Gasteiger partial charge in [0.25, 0.3) is 17.5 Å². The molecule has 0 saturated carbocycles. The molecule has 0 N–H and O–H groups in total. The second-order valence-electron chi connectivity index (χ2n) is 7.14. The maximum Gasteiger partial charge on any atom is 0.347 e. The van der Waals surface area contributed by atoms with Crippen molar-refractivity contribution in [2.24, 2.45) is 0 Å². The van der Waals surface area contributed by atoms with Gasteiger partial charge >= 0.3 is 5.63 Å². The number of anilines is 1. The Morgan fingerprint density at radius 2 is 1.73 bits per heavy atom. The van der Waals surface area contributed by atoms with Gasteiger partial charge < -0.3 is 9.15 Å². The first-order valence-corrected chi connectivity index (χ1v) is 9.64. The zero-order chi connectivity index (χ0) is 23.3. The molecule has 1 aromatic heterocycles. The monoisotopic (exact) mass is 443 g/mol. The van der Waals surface area contributed by atoms with E-state index in [-0.39, 0.29) is 28.5 Å². The molecule has 162 valence electrons. The highest BCUT2D eigenvalue weighted by molar-refractivity contribution is 6.35. The molecule has 2 amide bonds. The molecule has 0 fully saturated rings. The van der Waals surface area contributed by atoms with E-state index < -0.39 is 28.1 Å². The Kier molecular flexibility index (Phi) is 4.49. The summed E-state index contributed by atoms with van der Waals surface area (Å²) in [5, 5.41) is 11.9. The predicted octanol–water partition coefficient (Wildman–Crippen LogP) is 3.57. The summed E-state index contributed by atoms with van der Waals surface area (Å²) >= 11 is 0. The number of carbonyl (C=O) groups is 2. The molecule has 3 aromatic carbocycles. The molecule has 1 aliphatic rings. The molecule has 0 atom stereocenters. The molecule has 0 bridgehead atoms. The van der Waals surface area contributed by atoms with Crippen molar-refractivity contribution in [3.63, 3.8) is 0 Å². The van der Waals surface area contributed by atoms with Crippen LogP contribution in [0.4, 0.5) is 11.4 Å². The number of nitrogens with zero attached hydrogens (tertiary/aromatic N) is 3. The lowest BCUT2D eigenvalue weighted by atomic mass is 10.1. The maximum atomic E-state index is 13.1. The zero-order valence-corrected chi connectivity index (χ0v) is 17.0. The van der Waals surface area contributed by atoms with Crippen LogP contribution in [0, 0.1) is 10.1 Å². The van der Waals surface area contributed by atoms with Crippen molar-refractivity contribution in [1.29, 1.82) is 0 Å². The summed E-state index contributed by atoms with van der Waals surface area (Å²) in [6.07, 6.45) is 0. The smallest absolute Gasteiger partial charge is 0.347 e. The second-order valence-corrected chi connectivity index (χ2v) is 7.14. The molecule has 0 radical (unpaired) electrons. The molecule has 2 heterocycles. The molecule has 10 nitrogen and oxygen atoms in total. The highest BCUT2D eigenvalue weighted by atomic mass is 16.6. The van der Waals surface area contributed by atoms with Gasteiger partial charge in [0.1, 0.15) is 11.4 Å². The fourth-order valence-electron chi connectivity index (χ4n) is 3.70. The highest BCUT2D eigenvalue weighted by Gasteiger charge is 2.40. The first kappa shape index (κ1) is 20.1. The molecule has 0 saturated heterocycles. The topological polar surface area (TPSA) is 133 Å². The normalized spacial score (nSPS) is 12.8. The summed E-state index contributed by atoms with van der Waals surface area (Å²) in [7, 11) is 1.35. The number of aromatic nitrogens is 1. The standard InChI is InChI=1S/C23H13N3O7/c1-32-13-7-9-18(19(11-13)26(30)31)25-21(27)14-8-6-12(10-16(14)22(25)28)20-24-17-5-3-2-4-15(17)23(29)33-20/h2-11H,1H3. The van der Waals surface area contributed by atoms with Crippen molar-refractivity contribution in [2.45, 2.75) is 0 Å². The average Bonchev–Trinajstić information content (AvgIpc) is 3.07. The lowest BCUT2D eigenvalue weighted by Gasteiger charge is -2.14. The first-order valence-electron chi connectivity index (χ1n) is 9.64. The van der Waals surface area contributed by atoms with Crippen molar-refractivity contribution in [1.82, 2.24) is 4.98 Å². The Bertz CT molecular complexity index is 1560. The molecule has 10 heteroatoms. The van der Waals surface area contributed by atoms with Crippen LogP contribution in [-0.4, -0.2) is 28.8 Å². The van der Waals surface area contributed by atoms with Gasteiger partial charge in [0.15, 0.2) is 0 Å². The van der Waals surface area contributed by atoms with Crippen molar-refractivity contribution in [3.05, 3.63) is 92.3 Å². The maximum absolute atomic E-state index is 13.1. The van der Waals surface area contributed by atoms with Gasteiger partial charge in [0, 0.05) is 5.56 Å². The molecule has 1 aliphatic heterocycles. The van der Waals surface area contributed by atoms with E-state index in [0.717, 1.165) is 11.0 Å². The van der Waals surface area contributed by atoms with E-state index in [1.165, 1.54) is 37.4 Å². The number of nitro benzene ring substituents is 1. The first-order chi connectivity index (χ1) is 15.9. The van der Waals surface area contributed by atoms with Gasteiger partial charge in [-0.15, -0.1) is 0 Å². The quantitative estimate of drug-likeness (QED) is 0.266. The van der Waals surface area contributed by atoms with Gasteiger partial charge in [-0.05, 0) is 42.5 Å². The van der Waals surface area contributed by atoms with Crippen LogP contribution in [-0.2, 0) is 0 Å². The molecule has 5 rings (SSSR count). The number of rotatable bonds is 4. The van der Waals surface area contributed by atoms with Crippen LogP contribution in [0.5, 0.6) is 5.75 Å². The molecule has 4 aromatic rings. The Hall–Kier alpha value is -4.86. The van der Waals surface area contributed by atoms with Crippen LogP contribution in [0.1, 0.15) is 20.7 Å². The summed E-state index contributed by atoms with van der Waals surface area (Å²) < 4.78 is 10.3. The summed E-state index contributed by atoms with van der Waals surface area (Å²) in [5.74, 6) is -1.26. The molecule has 0 aliphatic carbocycles. The second kappa shape index (κ2) is 7.38. The number of carbonyl (C=O) groups excluding carboxylic acids is 2. The fraction of sp³-hybridized carbons (Fsp3) is 0.0435. The third kappa shape index (κ3) is 3.12.